The quantitative estimate of drug-likeness (QED) is 0.807. The van der Waals surface area contributed by atoms with E-state index in [0.717, 1.165) is 18.3 Å². The molecule has 0 aromatic carbocycles. The van der Waals surface area contributed by atoms with E-state index in [1.54, 1.807) is 0 Å². The van der Waals surface area contributed by atoms with Crippen molar-refractivity contribution >= 4 is 11.9 Å². The zero-order valence-electron chi connectivity index (χ0n) is 8.20. The second-order valence-corrected chi connectivity index (χ2v) is 5.37. The zero-order valence-corrected chi connectivity index (χ0v) is 9.02. The summed E-state index contributed by atoms with van der Waals surface area (Å²) in [6.45, 7) is 1.95. The van der Waals surface area contributed by atoms with Gasteiger partial charge in [0.1, 0.15) is 0 Å². The monoisotopic (exact) mass is 209 g/mol. The molecule has 0 bridgehead atoms. The lowest BCUT2D eigenvalue weighted by molar-refractivity contribution is 0.734. The Morgan fingerprint density at radius 3 is 3.00 bits per heavy atom. The Bertz CT molecular complexity index is 307. The molecule has 1 N–H and O–H groups in total. The number of nitrogens with one attached hydrogen (secondary N) is 1. The molecule has 0 amide bonds. The first-order valence-electron chi connectivity index (χ1n) is 5.37. The van der Waals surface area contributed by atoms with Crippen molar-refractivity contribution in [1.82, 2.24) is 14.5 Å². The summed E-state index contributed by atoms with van der Waals surface area (Å²) >= 11 is 1.91. The van der Waals surface area contributed by atoms with Gasteiger partial charge in [-0.2, -0.15) is 5.10 Å². The summed E-state index contributed by atoms with van der Waals surface area (Å²) in [6, 6.07) is 0. The van der Waals surface area contributed by atoms with Gasteiger partial charge in [-0.05, 0) is 24.8 Å². The van der Waals surface area contributed by atoms with E-state index in [9.17, 15) is 0 Å². The first-order chi connectivity index (χ1) is 6.92. The van der Waals surface area contributed by atoms with Gasteiger partial charge in [0.2, 0.25) is 0 Å². The average molecular weight is 209 g/mol. The fourth-order valence-electron chi connectivity index (χ4n) is 2.23. The van der Waals surface area contributed by atoms with Gasteiger partial charge in [-0.3, -0.25) is 0 Å². The van der Waals surface area contributed by atoms with Crippen molar-refractivity contribution in [3.63, 3.8) is 0 Å². The minimum absolute atomic E-state index is 0.808. The number of hydrogen-bond donors (Lipinski definition) is 1. The highest BCUT2D eigenvalue weighted by Crippen LogP contribution is 2.30. The third kappa shape index (κ3) is 1.57. The highest BCUT2D eigenvalue weighted by Gasteiger charge is 2.19. The Labute approximate surface area is 88.4 Å². The van der Waals surface area contributed by atoms with Gasteiger partial charge in [-0.25, -0.2) is 4.09 Å². The maximum Gasteiger partial charge on any atom is 0.0818 e. The molecule has 2 heterocycles. The lowest BCUT2D eigenvalue weighted by Gasteiger charge is -2.07. The summed E-state index contributed by atoms with van der Waals surface area (Å²) < 4.78 is 2.08. The second-order valence-electron chi connectivity index (χ2n) is 4.12. The topological polar surface area (TPSA) is 29.9 Å². The fraction of sp³-hybridized carbons (Fsp3) is 0.700. The molecule has 1 aliphatic heterocycles. The highest BCUT2D eigenvalue weighted by atomic mass is 32.2. The summed E-state index contributed by atoms with van der Waals surface area (Å²) in [7, 11) is 0. The van der Waals surface area contributed by atoms with Crippen molar-refractivity contribution < 1.29 is 0 Å². The molecule has 76 valence electrons. The summed E-state index contributed by atoms with van der Waals surface area (Å²) in [6.07, 6.45) is 7.74. The van der Waals surface area contributed by atoms with Crippen LogP contribution in [0.5, 0.6) is 0 Å². The molecule has 1 aliphatic carbocycles. The van der Waals surface area contributed by atoms with E-state index in [4.69, 9.17) is 0 Å². The van der Waals surface area contributed by atoms with E-state index < -0.39 is 0 Å². The minimum atomic E-state index is 0.808. The molecule has 1 aromatic heterocycles. The standard InChI is InChI=1S/C10H15N3S/c1-2-4-9(3-1)14-13-7-8-5-11-6-10(8)12-13/h7,9,11H,1-6H2. The van der Waals surface area contributed by atoms with Crippen LogP contribution >= 0.6 is 11.9 Å². The van der Waals surface area contributed by atoms with Crippen LogP contribution in [0.2, 0.25) is 0 Å². The normalized spacial score (nSPS) is 21.7. The van der Waals surface area contributed by atoms with Crippen LogP contribution in [0, 0.1) is 0 Å². The summed E-state index contributed by atoms with van der Waals surface area (Å²) in [5, 5.41) is 8.68. The first-order valence-corrected chi connectivity index (χ1v) is 6.21. The van der Waals surface area contributed by atoms with E-state index in [-0.39, 0.29) is 0 Å². The van der Waals surface area contributed by atoms with Crippen LogP contribution in [0.25, 0.3) is 0 Å². The zero-order chi connectivity index (χ0) is 9.38. The second kappa shape index (κ2) is 3.59. The highest BCUT2D eigenvalue weighted by molar-refractivity contribution is 7.98. The smallest absolute Gasteiger partial charge is 0.0818 e. The van der Waals surface area contributed by atoms with E-state index >= 15 is 0 Å². The van der Waals surface area contributed by atoms with Gasteiger partial charge >= 0.3 is 0 Å². The Kier molecular flexibility index (Phi) is 2.25. The van der Waals surface area contributed by atoms with Gasteiger partial charge in [-0.15, -0.1) is 0 Å². The molecule has 3 nitrogen and oxygen atoms in total. The lowest BCUT2D eigenvalue weighted by atomic mass is 10.3. The van der Waals surface area contributed by atoms with Crippen LogP contribution in [0.3, 0.4) is 0 Å². The third-order valence-electron chi connectivity index (χ3n) is 3.02. The maximum atomic E-state index is 4.57. The van der Waals surface area contributed by atoms with E-state index in [1.807, 2.05) is 11.9 Å². The van der Waals surface area contributed by atoms with Gasteiger partial charge in [0.05, 0.1) is 5.69 Å². The Balaban J connectivity index is 1.71. The number of aromatic nitrogens is 2. The molecular formula is C10H15N3S. The van der Waals surface area contributed by atoms with E-state index in [1.165, 1.54) is 36.9 Å². The van der Waals surface area contributed by atoms with E-state index in [2.05, 4.69) is 20.7 Å². The largest absolute Gasteiger partial charge is 0.307 e. The molecule has 14 heavy (non-hydrogen) atoms. The Morgan fingerprint density at radius 1 is 1.36 bits per heavy atom. The summed E-state index contributed by atoms with van der Waals surface area (Å²) in [5.41, 5.74) is 2.63. The number of nitrogens with zero attached hydrogens (tertiary/aromatic N) is 2. The van der Waals surface area contributed by atoms with Crippen LogP contribution in [0.4, 0.5) is 0 Å². The molecule has 1 fully saturated rings. The van der Waals surface area contributed by atoms with Gasteiger partial charge in [0.15, 0.2) is 0 Å². The van der Waals surface area contributed by atoms with Crippen molar-refractivity contribution in [2.24, 2.45) is 0 Å². The van der Waals surface area contributed by atoms with Gasteiger partial charge < -0.3 is 5.32 Å². The number of fused-ring (bicyclic) bond motifs is 1. The number of hydrogen-bond acceptors (Lipinski definition) is 3. The molecule has 0 spiro atoms. The Hall–Kier alpha value is -0.480. The third-order valence-corrected chi connectivity index (χ3v) is 4.20. The average Bonchev–Trinajstić information content (AvgIpc) is 2.78. The van der Waals surface area contributed by atoms with Gasteiger partial charge in [0, 0.05) is 30.1 Å². The molecule has 0 unspecified atom stereocenters. The van der Waals surface area contributed by atoms with Crippen molar-refractivity contribution in [3.05, 3.63) is 17.5 Å². The lowest BCUT2D eigenvalue weighted by Crippen LogP contribution is -2.05. The molecule has 2 aliphatic rings. The van der Waals surface area contributed by atoms with Crippen LogP contribution in [-0.4, -0.2) is 14.4 Å². The van der Waals surface area contributed by atoms with Crippen LogP contribution in [0.15, 0.2) is 6.20 Å². The molecule has 1 saturated carbocycles. The molecule has 3 rings (SSSR count). The first kappa shape index (κ1) is 8.80. The van der Waals surface area contributed by atoms with Crippen LogP contribution in [0.1, 0.15) is 36.9 Å². The molecule has 0 radical (unpaired) electrons. The maximum absolute atomic E-state index is 4.57. The Morgan fingerprint density at radius 2 is 2.21 bits per heavy atom. The van der Waals surface area contributed by atoms with Crippen LogP contribution < -0.4 is 5.32 Å². The molecule has 0 saturated heterocycles. The molecular weight excluding hydrogens is 194 g/mol. The number of rotatable bonds is 2. The van der Waals surface area contributed by atoms with E-state index in [0.29, 0.717) is 0 Å². The van der Waals surface area contributed by atoms with Crippen molar-refractivity contribution in [1.29, 1.82) is 0 Å². The van der Waals surface area contributed by atoms with Crippen molar-refractivity contribution in [2.75, 3.05) is 0 Å². The fourth-order valence-corrected chi connectivity index (χ4v) is 3.42. The minimum Gasteiger partial charge on any atom is -0.307 e. The molecule has 1 aromatic rings. The summed E-state index contributed by atoms with van der Waals surface area (Å²) in [5.74, 6) is 0. The van der Waals surface area contributed by atoms with Crippen molar-refractivity contribution in [3.8, 4) is 0 Å². The predicted octanol–water partition coefficient (Wildman–Crippen LogP) is 1.93. The predicted molar refractivity (Wildman–Crippen MR) is 58.0 cm³/mol. The van der Waals surface area contributed by atoms with Gasteiger partial charge in [0.25, 0.3) is 0 Å². The van der Waals surface area contributed by atoms with Crippen LogP contribution in [-0.2, 0) is 13.1 Å². The molecule has 4 heteroatoms. The van der Waals surface area contributed by atoms with Gasteiger partial charge in [-0.1, -0.05) is 12.8 Å². The molecule has 0 atom stereocenters. The van der Waals surface area contributed by atoms with Crippen molar-refractivity contribution in [2.45, 2.75) is 44.0 Å². The summed E-state index contributed by atoms with van der Waals surface area (Å²) in [4.78, 5) is 0. The SMILES string of the molecule is c1c2c(nn1SC1CCCC1)CNC2.